The van der Waals surface area contributed by atoms with Crippen molar-refractivity contribution in [2.75, 3.05) is 6.79 Å². The quantitative estimate of drug-likeness (QED) is 0.595. The van der Waals surface area contributed by atoms with Crippen LogP contribution in [0.25, 0.3) is 9.88 Å². The van der Waals surface area contributed by atoms with Gasteiger partial charge in [0.1, 0.15) is 11.6 Å². The number of nitrogens with zero attached hydrogens (tertiary/aromatic N) is 1. The van der Waals surface area contributed by atoms with E-state index in [1.165, 1.54) is 11.3 Å². The number of rotatable bonds is 5. The highest BCUT2D eigenvalue weighted by atomic mass is 35.5. The third-order valence-corrected chi connectivity index (χ3v) is 5.71. The summed E-state index contributed by atoms with van der Waals surface area (Å²) in [5, 5.41) is 5.25. The van der Waals surface area contributed by atoms with Gasteiger partial charge in [0.25, 0.3) is 0 Å². The summed E-state index contributed by atoms with van der Waals surface area (Å²) in [6.45, 7) is 0.270. The lowest BCUT2D eigenvalue weighted by Gasteiger charge is -2.06. The van der Waals surface area contributed by atoms with Crippen molar-refractivity contribution in [1.29, 1.82) is 0 Å². The van der Waals surface area contributed by atoms with E-state index in [0.29, 0.717) is 22.2 Å². The molecular formula is C17H12ClNO4S2. The molecule has 128 valence electrons. The Hall–Kier alpha value is -2.09. The SMILES string of the molecule is O=C(Cc1csc(-c2cccs2)n1)OCc1cc(Cl)c2c(c1)OCO2. The molecule has 0 atom stereocenters. The van der Waals surface area contributed by atoms with Crippen LogP contribution in [0.1, 0.15) is 11.3 Å². The molecule has 0 bridgehead atoms. The van der Waals surface area contributed by atoms with E-state index in [0.717, 1.165) is 15.4 Å². The molecule has 0 saturated carbocycles. The minimum Gasteiger partial charge on any atom is -0.461 e. The van der Waals surface area contributed by atoms with Crippen LogP contribution in [0.4, 0.5) is 0 Å². The lowest BCUT2D eigenvalue weighted by atomic mass is 10.2. The van der Waals surface area contributed by atoms with Crippen molar-refractivity contribution < 1.29 is 19.0 Å². The summed E-state index contributed by atoms with van der Waals surface area (Å²) in [7, 11) is 0. The maximum atomic E-state index is 12.1. The summed E-state index contributed by atoms with van der Waals surface area (Å²) in [5.74, 6) is 0.760. The van der Waals surface area contributed by atoms with E-state index in [-0.39, 0.29) is 25.8 Å². The van der Waals surface area contributed by atoms with Gasteiger partial charge in [-0.25, -0.2) is 4.98 Å². The summed E-state index contributed by atoms with van der Waals surface area (Å²) in [5.41, 5.74) is 1.46. The Morgan fingerprint density at radius 1 is 1.32 bits per heavy atom. The number of thiophene rings is 1. The Balaban J connectivity index is 1.36. The van der Waals surface area contributed by atoms with Crippen molar-refractivity contribution in [3.63, 3.8) is 0 Å². The lowest BCUT2D eigenvalue weighted by molar-refractivity contribution is -0.144. The van der Waals surface area contributed by atoms with Gasteiger partial charge in [-0.2, -0.15) is 0 Å². The van der Waals surface area contributed by atoms with Crippen molar-refractivity contribution in [3.8, 4) is 21.4 Å². The molecule has 0 N–H and O–H groups in total. The third-order valence-electron chi connectivity index (χ3n) is 3.50. The van der Waals surface area contributed by atoms with Gasteiger partial charge in [-0.1, -0.05) is 17.7 Å². The fraction of sp³-hybridized carbons (Fsp3) is 0.176. The van der Waals surface area contributed by atoms with Crippen molar-refractivity contribution in [3.05, 3.63) is 51.3 Å². The second-order valence-electron chi connectivity index (χ2n) is 5.27. The first kappa shape index (κ1) is 16.4. The zero-order valence-electron chi connectivity index (χ0n) is 12.9. The Kier molecular flexibility index (Phi) is 4.61. The Morgan fingerprint density at radius 3 is 3.08 bits per heavy atom. The summed E-state index contributed by atoms with van der Waals surface area (Å²) < 4.78 is 15.9. The molecule has 5 nitrogen and oxygen atoms in total. The van der Waals surface area contributed by atoms with Crippen LogP contribution in [-0.2, 0) is 22.6 Å². The molecule has 8 heteroatoms. The molecule has 1 aliphatic heterocycles. The number of esters is 1. The van der Waals surface area contributed by atoms with E-state index in [2.05, 4.69) is 4.98 Å². The fourth-order valence-electron chi connectivity index (χ4n) is 2.37. The van der Waals surface area contributed by atoms with Gasteiger partial charge in [0.05, 0.1) is 22.0 Å². The second-order valence-corrected chi connectivity index (χ2v) is 7.48. The predicted molar refractivity (Wildman–Crippen MR) is 96.5 cm³/mol. The number of aromatic nitrogens is 1. The minimum atomic E-state index is -0.336. The number of hydrogen-bond donors (Lipinski definition) is 0. The summed E-state index contributed by atoms with van der Waals surface area (Å²) >= 11 is 9.27. The zero-order valence-corrected chi connectivity index (χ0v) is 15.2. The lowest BCUT2D eigenvalue weighted by Crippen LogP contribution is -2.08. The summed E-state index contributed by atoms with van der Waals surface area (Å²) in [6, 6.07) is 7.46. The van der Waals surface area contributed by atoms with Crippen molar-refractivity contribution in [1.82, 2.24) is 4.98 Å². The number of halogens is 1. The van der Waals surface area contributed by atoms with Crippen LogP contribution in [0.5, 0.6) is 11.5 Å². The molecule has 0 saturated heterocycles. The fourth-order valence-corrected chi connectivity index (χ4v) is 4.29. The van der Waals surface area contributed by atoms with Crippen LogP contribution in [0.2, 0.25) is 5.02 Å². The van der Waals surface area contributed by atoms with E-state index < -0.39 is 0 Å². The maximum absolute atomic E-state index is 12.1. The molecule has 0 unspecified atom stereocenters. The molecule has 1 aromatic carbocycles. The van der Waals surface area contributed by atoms with E-state index >= 15 is 0 Å². The van der Waals surface area contributed by atoms with E-state index in [4.69, 9.17) is 25.8 Å². The van der Waals surface area contributed by atoms with Gasteiger partial charge in [0.2, 0.25) is 6.79 Å². The average molecular weight is 394 g/mol. The Bertz CT molecular complexity index is 908. The van der Waals surface area contributed by atoms with Crippen molar-refractivity contribution in [2.24, 2.45) is 0 Å². The molecule has 1 aliphatic rings. The number of thiazole rings is 1. The summed E-state index contributed by atoms with van der Waals surface area (Å²) in [6.07, 6.45) is 0.139. The molecule has 3 aromatic rings. The van der Waals surface area contributed by atoms with E-state index in [9.17, 15) is 4.79 Å². The van der Waals surface area contributed by atoms with Crippen LogP contribution < -0.4 is 9.47 Å². The number of ether oxygens (including phenoxy) is 3. The Labute approximate surface area is 156 Å². The number of carbonyl (C=O) groups is 1. The van der Waals surface area contributed by atoms with Crippen LogP contribution in [0, 0.1) is 0 Å². The number of hydrogen-bond acceptors (Lipinski definition) is 7. The number of benzene rings is 1. The van der Waals surface area contributed by atoms with Gasteiger partial charge >= 0.3 is 5.97 Å². The molecule has 4 rings (SSSR count). The second kappa shape index (κ2) is 7.03. The van der Waals surface area contributed by atoms with Gasteiger partial charge in [-0.3, -0.25) is 4.79 Å². The molecule has 3 heterocycles. The monoisotopic (exact) mass is 393 g/mol. The number of fused-ring (bicyclic) bond motifs is 1. The molecular weight excluding hydrogens is 382 g/mol. The highest BCUT2D eigenvalue weighted by Gasteiger charge is 2.19. The first-order chi connectivity index (χ1) is 12.2. The molecule has 0 amide bonds. The van der Waals surface area contributed by atoms with Crippen molar-refractivity contribution in [2.45, 2.75) is 13.0 Å². The van der Waals surface area contributed by atoms with Crippen LogP contribution in [0.3, 0.4) is 0 Å². The van der Waals surface area contributed by atoms with E-state index in [1.807, 2.05) is 22.9 Å². The molecule has 2 aromatic heterocycles. The topological polar surface area (TPSA) is 57.7 Å². The molecule has 0 radical (unpaired) electrons. The molecule has 0 spiro atoms. The van der Waals surface area contributed by atoms with Gasteiger partial charge in [0.15, 0.2) is 11.5 Å². The average Bonchev–Trinajstić information content (AvgIpc) is 3.33. The zero-order chi connectivity index (χ0) is 17.2. The Morgan fingerprint density at radius 2 is 2.24 bits per heavy atom. The molecule has 0 fully saturated rings. The van der Waals surface area contributed by atoms with Crippen LogP contribution in [-0.4, -0.2) is 17.7 Å². The third kappa shape index (κ3) is 3.63. The van der Waals surface area contributed by atoms with E-state index in [1.54, 1.807) is 23.5 Å². The first-order valence-electron chi connectivity index (χ1n) is 7.41. The van der Waals surface area contributed by atoms with Gasteiger partial charge in [-0.15, -0.1) is 22.7 Å². The van der Waals surface area contributed by atoms with Crippen molar-refractivity contribution >= 4 is 40.2 Å². The summed E-state index contributed by atoms with van der Waals surface area (Å²) in [4.78, 5) is 17.6. The first-order valence-corrected chi connectivity index (χ1v) is 9.55. The largest absolute Gasteiger partial charge is 0.461 e. The predicted octanol–water partition coefficient (Wildman–Crippen LogP) is 4.54. The standard InChI is InChI=1S/C17H12ClNO4S2/c18-12-4-10(5-13-16(12)23-9-22-13)7-21-15(20)6-11-8-25-17(19-11)14-2-1-3-24-14/h1-5,8H,6-7,9H2. The van der Waals surface area contributed by atoms with Gasteiger partial charge in [0, 0.05) is 5.38 Å². The van der Waals surface area contributed by atoms with Gasteiger partial charge in [-0.05, 0) is 29.1 Å². The van der Waals surface area contributed by atoms with Crippen LogP contribution >= 0.6 is 34.3 Å². The van der Waals surface area contributed by atoms with Gasteiger partial charge < -0.3 is 14.2 Å². The maximum Gasteiger partial charge on any atom is 0.312 e. The highest BCUT2D eigenvalue weighted by Crippen LogP contribution is 2.39. The molecule has 25 heavy (non-hydrogen) atoms. The number of carbonyl (C=O) groups excluding carboxylic acids is 1. The normalized spacial score (nSPS) is 12.4. The molecule has 0 aliphatic carbocycles. The highest BCUT2D eigenvalue weighted by molar-refractivity contribution is 7.20. The smallest absolute Gasteiger partial charge is 0.312 e. The van der Waals surface area contributed by atoms with Crippen LogP contribution in [0.15, 0.2) is 35.0 Å². The minimum absolute atomic E-state index is 0.122.